The van der Waals surface area contributed by atoms with Gasteiger partial charge in [0.25, 0.3) is 5.56 Å². The molecule has 0 spiro atoms. The topological polar surface area (TPSA) is 92.2 Å². The Morgan fingerprint density at radius 3 is 1.95 bits per heavy atom. The molecule has 20 heavy (non-hydrogen) atoms. The fourth-order valence-electron chi connectivity index (χ4n) is 0.762. The predicted octanol–water partition coefficient (Wildman–Crippen LogP) is 0.732. The first-order valence-corrected chi connectivity index (χ1v) is 4.49. The first-order valence-electron chi connectivity index (χ1n) is 4.49. The van der Waals surface area contributed by atoms with E-state index in [9.17, 15) is 35.9 Å². The highest BCUT2D eigenvalue weighted by Crippen LogP contribution is 2.15. The molecule has 0 bridgehead atoms. The van der Waals surface area contributed by atoms with Gasteiger partial charge < -0.3 is 5.11 Å². The van der Waals surface area contributed by atoms with E-state index >= 15 is 0 Å². The first-order chi connectivity index (χ1) is 8.83. The van der Waals surface area contributed by atoms with E-state index in [0.717, 1.165) is 12.3 Å². The minimum atomic E-state index is -5.08. The molecule has 0 aliphatic carbocycles. The number of hydrogen-bond donors (Lipinski definition) is 2. The van der Waals surface area contributed by atoms with Crippen molar-refractivity contribution in [1.82, 2.24) is 9.55 Å². The van der Waals surface area contributed by atoms with E-state index in [1.165, 1.54) is 0 Å². The summed E-state index contributed by atoms with van der Waals surface area (Å²) in [6.07, 6.45) is -8.75. The molecule has 2 N–H and O–H groups in total. The minimum Gasteiger partial charge on any atom is -0.475 e. The summed E-state index contributed by atoms with van der Waals surface area (Å²) < 4.78 is 67.4. The summed E-state index contributed by atoms with van der Waals surface area (Å²) in [4.78, 5) is 31.8. The molecule has 114 valence electrons. The zero-order valence-corrected chi connectivity index (χ0v) is 9.25. The summed E-state index contributed by atoms with van der Waals surface area (Å²) in [6.45, 7) is -1.40. The van der Waals surface area contributed by atoms with Crippen molar-refractivity contribution in [2.24, 2.45) is 0 Å². The highest BCUT2D eigenvalue weighted by molar-refractivity contribution is 5.73. The molecule has 0 aliphatic rings. The van der Waals surface area contributed by atoms with E-state index in [-0.39, 0.29) is 0 Å². The van der Waals surface area contributed by atoms with E-state index in [1.807, 2.05) is 0 Å². The average molecular weight is 308 g/mol. The van der Waals surface area contributed by atoms with Gasteiger partial charge in [0.2, 0.25) is 0 Å². The number of nitrogens with one attached hydrogen (secondary N) is 1. The Bertz CT molecular complexity index is 570. The predicted molar refractivity (Wildman–Crippen MR) is 51.1 cm³/mol. The van der Waals surface area contributed by atoms with E-state index in [2.05, 4.69) is 0 Å². The van der Waals surface area contributed by atoms with Gasteiger partial charge in [0.15, 0.2) is 0 Å². The summed E-state index contributed by atoms with van der Waals surface area (Å²) in [5.74, 6) is -2.76. The van der Waals surface area contributed by atoms with Crippen LogP contribution >= 0.6 is 0 Å². The van der Waals surface area contributed by atoms with Crippen LogP contribution in [-0.4, -0.2) is 33.0 Å². The zero-order valence-electron chi connectivity index (χ0n) is 9.25. The van der Waals surface area contributed by atoms with Gasteiger partial charge in [0.05, 0.1) is 0 Å². The van der Waals surface area contributed by atoms with Crippen LogP contribution in [0.5, 0.6) is 0 Å². The standard InChI is InChI=1S/C6H5F3N2O2.C2HF3O2/c7-6(8,9)3-11-2-1-4(12)10-5(11)13;3-2(4,5)1(6)7/h1-2H,3H2,(H,10,12,13);(H,6,7). The van der Waals surface area contributed by atoms with Crippen LogP contribution in [-0.2, 0) is 11.3 Å². The van der Waals surface area contributed by atoms with Gasteiger partial charge in [0.1, 0.15) is 6.54 Å². The molecule has 1 aromatic rings. The molecular weight excluding hydrogens is 302 g/mol. The molecular formula is C8H6F6N2O4. The molecule has 0 saturated carbocycles. The van der Waals surface area contributed by atoms with Crippen LogP contribution in [0.4, 0.5) is 26.3 Å². The molecule has 6 nitrogen and oxygen atoms in total. The maximum atomic E-state index is 11.8. The fraction of sp³-hybridized carbons (Fsp3) is 0.375. The Kier molecular flexibility index (Phi) is 5.54. The lowest BCUT2D eigenvalue weighted by Gasteiger charge is -2.07. The quantitative estimate of drug-likeness (QED) is 0.748. The molecule has 0 aliphatic heterocycles. The monoisotopic (exact) mass is 308 g/mol. The van der Waals surface area contributed by atoms with Gasteiger partial charge in [-0.25, -0.2) is 9.59 Å². The number of carbonyl (C=O) groups is 1. The number of aromatic amines is 1. The normalized spacial score (nSPS) is 11.5. The smallest absolute Gasteiger partial charge is 0.475 e. The van der Waals surface area contributed by atoms with E-state index in [4.69, 9.17) is 9.90 Å². The van der Waals surface area contributed by atoms with Crippen molar-refractivity contribution in [3.05, 3.63) is 33.1 Å². The number of alkyl halides is 6. The highest BCUT2D eigenvalue weighted by Gasteiger charge is 2.38. The van der Waals surface area contributed by atoms with E-state index in [1.54, 1.807) is 4.98 Å². The fourth-order valence-corrected chi connectivity index (χ4v) is 0.762. The van der Waals surface area contributed by atoms with Gasteiger partial charge in [-0.2, -0.15) is 26.3 Å². The maximum Gasteiger partial charge on any atom is 0.490 e. The third-order valence-corrected chi connectivity index (χ3v) is 1.49. The lowest BCUT2D eigenvalue weighted by Crippen LogP contribution is -2.33. The van der Waals surface area contributed by atoms with Gasteiger partial charge in [-0.05, 0) is 0 Å². The number of carboxylic acids is 1. The van der Waals surface area contributed by atoms with Crippen LogP contribution in [0, 0.1) is 0 Å². The van der Waals surface area contributed by atoms with E-state index < -0.39 is 36.1 Å². The lowest BCUT2D eigenvalue weighted by molar-refractivity contribution is -0.192. The molecule has 1 heterocycles. The summed E-state index contributed by atoms with van der Waals surface area (Å²) in [6, 6.07) is 0.854. The van der Waals surface area contributed by atoms with Crippen molar-refractivity contribution in [3.8, 4) is 0 Å². The van der Waals surface area contributed by atoms with Gasteiger partial charge in [-0.3, -0.25) is 14.3 Å². The Morgan fingerprint density at radius 2 is 1.65 bits per heavy atom. The van der Waals surface area contributed by atoms with Crippen LogP contribution in [0.2, 0.25) is 0 Å². The number of aliphatic carboxylic acids is 1. The van der Waals surface area contributed by atoms with Crippen LogP contribution in [0.25, 0.3) is 0 Å². The first kappa shape index (κ1) is 17.7. The van der Waals surface area contributed by atoms with Crippen LogP contribution in [0.15, 0.2) is 21.9 Å². The second kappa shape index (κ2) is 6.25. The summed E-state index contributed by atoms with van der Waals surface area (Å²) in [7, 11) is 0. The third-order valence-electron chi connectivity index (χ3n) is 1.49. The minimum absolute atomic E-state index is 0.376. The number of aromatic nitrogens is 2. The molecule has 0 saturated heterocycles. The molecule has 1 rings (SSSR count). The Hall–Kier alpha value is -2.27. The molecule has 0 atom stereocenters. The van der Waals surface area contributed by atoms with Gasteiger partial charge in [-0.1, -0.05) is 0 Å². The molecule has 12 heteroatoms. The van der Waals surface area contributed by atoms with Crippen molar-refractivity contribution in [3.63, 3.8) is 0 Å². The maximum absolute atomic E-state index is 11.8. The SMILES string of the molecule is O=C(O)C(F)(F)F.O=c1ccn(CC(F)(F)F)c(=O)[nH]1. The van der Waals surface area contributed by atoms with Gasteiger partial charge in [0, 0.05) is 12.3 Å². The number of halogens is 6. The molecule has 0 amide bonds. The van der Waals surface area contributed by atoms with E-state index in [0.29, 0.717) is 4.57 Å². The third kappa shape index (κ3) is 7.23. The number of nitrogens with zero attached hydrogens (tertiary/aromatic N) is 1. The van der Waals surface area contributed by atoms with Crippen molar-refractivity contribution in [2.45, 2.75) is 18.9 Å². The Balaban J connectivity index is 0.000000441. The molecule has 1 aromatic heterocycles. The molecule has 0 fully saturated rings. The number of carboxylic acid groups (broad SMARTS) is 1. The lowest BCUT2D eigenvalue weighted by atomic mass is 10.5. The second-order valence-electron chi connectivity index (χ2n) is 3.16. The van der Waals surface area contributed by atoms with Crippen LogP contribution in [0.3, 0.4) is 0 Å². The van der Waals surface area contributed by atoms with Crippen molar-refractivity contribution >= 4 is 5.97 Å². The number of H-pyrrole nitrogens is 1. The van der Waals surface area contributed by atoms with Crippen LogP contribution < -0.4 is 11.2 Å². The Labute approximate surface area is 105 Å². The molecule has 0 unspecified atom stereocenters. The van der Waals surface area contributed by atoms with Crippen molar-refractivity contribution in [2.75, 3.05) is 0 Å². The summed E-state index contributed by atoms with van der Waals surface area (Å²) >= 11 is 0. The largest absolute Gasteiger partial charge is 0.490 e. The van der Waals surface area contributed by atoms with Crippen molar-refractivity contribution in [1.29, 1.82) is 0 Å². The van der Waals surface area contributed by atoms with Crippen molar-refractivity contribution < 1.29 is 36.2 Å². The summed E-state index contributed by atoms with van der Waals surface area (Å²) in [5.41, 5.74) is -1.78. The zero-order chi connectivity index (χ0) is 16.1. The molecule has 0 radical (unpaired) electrons. The summed E-state index contributed by atoms with van der Waals surface area (Å²) in [5, 5.41) is 7.12. The average Bonchev–Trinajstić information content (AvgIpc) is 2.20. The highest BCUT2D eigenvalue weighted by atomic mass is 19.4. The van der Waals surface area contributed by atoms with Gasteiger partial charge >= 0.3 is 24.0 Å². The van der Waals surface area contributed by atoms with Gasteiger partial charge in [-0.15, -0.1) is 0 Å². The molecule has 0 aromatic carbocycles. The van der Waals surface area contributed by atoms with Crippen LogP contribution in [0.1, 0.15) is 0 Å². The number of hydrogen-bond acceptors (Lipinski definition) is 3. The Morgan fingerprint density at radius 1 is 1.20 bits per heavy atom. The second-order valence-corrected chi connectivity index (χ2v) is 3.16. The number of rotatable bonds is 1.